The predicted octanol–water partition coefficient (Wildman–Crippen LogP) is 3.70. The molecule has 0 aliphatic heterocycles. The van der Waals surface area contributed by atoms with Crippen LogP contribution in [-0.4, -0.2) is 27.5 Å². The molecule has 0 aliphatic carbocycles. The minimum Gasteiger partial charge on any atom is -0.494 e. The van der Waals surface area contributed by atoms with Crippen LogP contribution in [0.4, 0.5) is 5.69 Å². The summed E-state index contributed by atoms with van der Waals surface area (Å²) in [6.45, 7) is 4.35. The van der Waals surface area contributed by atoms with Gasteiger partial charge in [-0.05, 0) is 49.2 Å². The number of rotatable bonds is 10. The summed E-state index contributed by atoms with van der Waals surface area (Å²) in [5.74, 6) is 0.278. The van der Waals surface area contributed by atoms with Crippen molar-refractivity contribution in [2.75, 3.05) is 18.5 Å². The number of hydrogen-bond donors (Lipinski definition) is 2. The fourth-order valence-corrected chi connectivity index (χ4v) is 3.00. The number of carbonyl (C=O) groups excluding carboxylic acids is 1. The number of nitrogens with one attached hydrogen (secondary N) is 2. The van der Waals surface area contributed by atoms with Gasteiger partial charge in [-0.25, -0.2) is 13.1 Å². The van der Waals surface area contributed by atoms with E-state index in [0.717, 1.165) is 35.1 Å². The molecule has 150 valence electrons. The second-order valence-corrected chi connectivity index (χ2v) is 8.00. The number of unbranched alkanes of at least 4 members (excludes halogenated alkanes) is 1. The number of amides is 1. The third-order valence-corrected chi connectivity index (χ3v) is 4.90. The minimum atomic E-state index is -3.71. The molecule has 2 aromatic rings. The van der Waals surface area contributed by atoms with Crippen LogP contribution in [0.15, 0.2) is 53.9 Å². The molecule has 28 heavy (non-hydrogen) atoms. The van der Waals surface area contributed by atoms with Crippen molar-refractivity contribution in [3.05, 3.63) is 65.1 Å². The van der Waals surface area contributed by atoms with Gasteiger partial charge >= 0.3 is 0 Å². The molecule has 0 aliphatic rings. The lowest BCUT2D eigenvalue weighted by molar-refractivity contribution is -0.115. The molecule has 0 saturated heterocycles. The molecule has 6 nitrogen and oxygen atoms in total. The van der Waals surface area contributed by atoms with Crippen LogP contribution in [0.25, 0.3) is 6.08 Å². The van der Waals surface area contributed by atoms with Crippen LogP contribution in [0.1, 0.15) is 30.9 Å². The molecule has 0 heterocycles. The van der Waals surface area contributed by atoms with Crippen molar-refractivity contribution in [1.29, 1.82) is 0 Å². The summed E-state index contributed by atoms with van der Waals surface area (Å²) in [6.07, 6.45) is 3.53. The van der Waals surface area contributed by atoms with E-state index in [4.69, 9.17) is 4.74 Å². The van der Waals surface area contributed by atoms with Crippen molar-refractivity contribution < 1.29 is 17.9 Å². The summed E-state index contributed by atoms with van der Waals surface area (Å²) in [6, 6.07) is 14.4. The SMILES string of the molecule is CCCCOc1ccc(NC(=O)CNS(=O)(=O)/C=C/c2ccc(C)cc2)cc1. The Hall–Kier alpha value is -2.64. The molecule has 0 atom stereocenters. The number of anilines is 1. The topological polar surface area (TPSA) is 84.5 Å². The Bertz CT molecular complexity index is 889. The lowest BCUT2D eigenvalue weighted by atomic mass is 10.2. The number of ether oxygens (including phenoxy) is 1. The first-order chi connectivity index (χ1) is 13.4. The van der Waals surface area contributed by atoms with Crippen LogP contribution >= 0.6 is 0 Å². The van der Waals surface area contributed by atoms with Gasteiger partial charge in [0.2, 0.25) is 15.9 Å². The Balaban J connectivity index is 1.81. The Morgan fingerprint density at radius 2 is 1.75 bits per heavy atom. The second kappa shape index (κ2) is 10.6. The number of hydrogen-bond acceptors (Lipinski definition) is 4. The maximum Gasteiger partial charge on any atom is 0.239 e. The average Bonchev–Trinajstić information content (AvgIpc) is 2.68. The highest BCUT2D eigenvalue weighted by atomic mass is 32.2. The highest BCUT2D eigenvalue weighted by Crippen LogP contribution is 2.16. The first kappa shape index (κ1) is 21.7. The molecule has 1 amide bonds. The van der Waals surface area contributed by atoms with Gasteiger partial charge in [0, 0.05) is 11.1 Å². The number of sulfonamides is 1. The molecule has 0 radical (unpaired) electrons. The fourth-order valence-electron chi connectivity index (χ4n) is 2.23. The molecule has 2 N–H and O–H groups in total. The average molecular weight is 403 g/mol. The van der Waals surface area contributed by atoms with E-state index in [9.17, 15) is 13.2 Å². The van der Waals surface area contributed by atoms with Crippen LogP contribution in [0.2, 0.25) is 0 Å². The van der Waals surface area contributed by atoms with Gasteiger partial charge in [-0.3, -0.25) is 4.79 Å². The quantitative estimate of drug-likeness (QED) is 0.594. The smallest absolute Gasteiger partial charge is 0.239 e. The van der Waals surface area contributed by atoms with E-state index in [-0.39, 0.29) is 6.54 Å². The maximum absolute atomic E-state index is 12.0. The van der Waals surface area contributed by atoms with E-state index in [2.05, 4.69) is 17.0 Å². The third kappa shape index (κ3) is 7.94. The molecular weight excluding hydrogens is 376 g/mol. The molecule has 0 fully saturated rings. The van der Waals surface area contributed by atoms with Gasteiger partial charge in [0.15, 0.2) is 0 Å². The van der Waals surface area contributed by atoms with Crippen LogP contribution in [0, 0.1) is 6.92 Å². The van der Waals surface area contributed by atoms with Gasteiger partial charge in [-0.2, -0.15) is 0 Å². The highest BCUT2D eigenvalue weighted by Gasteiger charge is 2.09. The first-order valence-electron chi connectivity index (χ1n) is 9.15. The molecule has 0 saturated carbocycles. The van der Waals surface area contributed by atoms with Gasteiger partial charge in [0.1, 0.15) is 5.75 Å². The molecule has 2 rings (SSSR count). The Morgan fingerprint density at radius 1 is 1.07 bits per heavy atom. The van der Waals surface area contributed by atoms with E-state index >= 15 is 0 Å². The summed E-state index contributed by atoms with van der Waals surface area (Å²) in [7, 11) is -3.71. The standard InChI is InChI=1S/C21H26N2O4S/c1-3-4-14-27-20-11-9-19(10-12-20)23-21(24)16-22-28(25,26)15-13-18-7-5-17(2)6-8-18/h5-13,15,22H,3-4,14,16H2,1-2H3,(H,23,24)/b15-13+. The van der Waals surface area contributed by atoms with E-state index in [1.807, 2.05) is 31.2 Å². The van der Waals surface area contributed by atoms with E-state index in [1.165, 1.54) is 6.08 Å². The highest BCUT2D eigenvalue weighted by molar-refractivity contribution is 7.92. The number of aryl methyl sites for hydroxylation is 1. The zero-order valence-corrected chi connectivity index (χ0v) is 17.0. The zero-order valence-electron chi connectivity index (χ0n) is 16.1. The summed E-state index contributed by atoms with van der Waals surface area (Å²) < 4.78 is 31.8. The van der Waals surface area contributed by atoms with Crippen LogP contribution in [0.5, 0.6) is 5.75 Å². The van der Waals surface area contributed by atoms with E-state index in [1.54, 1.807) is 24.3 Å². The van der Waals surface area contributed by atoms with Crippen molar-refractivity contribution >= 4 is 27.7 Å². The van der Waals surface area contributed by atoms with Gasteiger partial charge in [0.25, 0.3) is 0 Å². The lowest BCUT2D eigenvalue weighted by Crippen LogP contribution is -2.31. The van der Waals surface area contributed by atoms with Crippen molar-refractivity contribution in [2.24, 2.45) is 0 Å². The van der Waals surface area contributed by atoms with Gasteiger partial charge < -0.3 is 10.1 Å². The summed E-state index contributed by atoms with van der Waals surface area (Å²) >= 11 is 0. The number of benzene rings is 2. The van der Waals surface area contributed by atoms with Crippen molar-refractivity contribution in [3.63, 3.8) is 0 Å². The normalized spacial score (nSPS) is 11.5. The summed E-state index contributed by atoms with van der Waals surface area (Å²) in [5, 5.41) is 3.69. The molecule has 0 aromatic heterocycles. The molecule has 7 heteroatoms. The molecule has 0 bridgehead atoms. The van der Waals surface area contributed by atoms with Crippen molar-refractivity contribution in [1.82, 2.24) is 4.72 Å². The Kier molecular flexibility index (Phi) is 8.22. The third-order valence-electron chi connectivity index (χ3n) is 3.86. The number of carbonyl (C=O) groups is 1. The van der Waals surface area contributed by atoms with Crippen molar-refractivity contribution in [2.45, 2.75) is 26.7 Å². The van der Waals surface area contributed by atoms with Crippen LogP contribution in [-0.2, 0) is 14.8 Å². The molecule has 0 spiro atoms. The van der Waals surface area contributed by atoms with Gasteiger partial charge in [-0.1, -0.05) is 43.2 Å². The summed E-state index contributed by atoms with van der Waals surface area (Å²) in [5.41, 5.74) is 2.43. The first-order valence-corrected chi connectivity index (χ1v) is 10.7. The molecule has 2 aromatic carbocycles. The fraction of sp³-hybridized carbons (Fsp3) is 0.286. The maximum atomic E-state index is 12.0. The van der Waals surface area contributed by atoms with Crippen molar-refractivity contribution in [3.8, 4) is 5.75 Å². The van der Waals surface area contributed by atoms with Crippen LogP contribution < -0.4 is 14.8 Å². The zero-order chi connectivity index (χ0) is 20.4. The lowest BCUT2D eigenvalue weighted by Gasteiger charge is -2.08. The second-order valence-electron chi connectivity index (χ2n) is 6.35. The van der Waals surface area contributed by atoms with E-state index in [0.29, 0.717) is 12.3 Å². The Labute approximate surface area is 166 Å². The monoisotopic (exact) mass is 402 g/mol. The van der Waals surface area contributed by atoms with E-state index < -0.39 is 15.9 Å². The van der Waals surface area contributed by atoms with Gasteiger partial charge in [-0.15, -0.1) is 0 Å². The van der Waals surface area contributed by atoms with Crippen LogP contribution in [0.3, 0.4) is 0 Å². The molecule has 0 unspecified atom stereocenters. The van der Waals surface area contributed by atoms with Gasteiger partial charge in [0.05, 0.1) is 13.2 Å². The largest absolute Gasteiger partial charge is 0.494 e. The molecular formula is C21H26N2O4S. The summed E-state index contributed by atoms with van der Waals surface area (Å²) in [4.78, 5) is 12.0. The minimum absolute atomic E-state index is 0.352. The predicted molar refractivity (Wildman–Crippen MR) is 113 cm³/mol. The Morgan fingerprint density at radius 3 is 2.39 bits per heavy atom.